The molecule has 0 spiro atoms. The summed E-state index contributed by atoms with van der Waals surface area (Å²) in [5, 5.41) is 15.6. The first kappa shape index (κ1) is 19.6. The van der Waals surface area contributed by atoms with Gasteiger partial charge in [0.15, 0.2) is 23.9 Å². The molecule has 0 fully saturated rings. The summed E-state index contributed by atoms with van der Waals surface area (Å²) < 4.78 is 30.3. The molecule has 1 N–H and O–H groups in total. The summed E-state index contributed by atoms with van der Waals surface area (Å²) in [6.45, 7) is -0.242. The van der Waals surface area contributed by atoms with E-state index in [-0.39, 0.29) is 12.4 Å². The Morgan fingerprint density at radius 2 is 1.87 bits per heavy atom. The van der Waals surface area contributed by atoms with E-state index in [1.807, 2.05) is 6.07 Å². The SMILES string of the molecule is COc1ccc(-c2nnc3sc(NC(=O)COc4ccc(F)cc4)nn23)cc1OC. The average molecular weight is 429 g/mol. The molecule has 0 saturated heterocycles. The van der Waals surface area contributed by atoms with Crippen LogP contribution in [0.2, 0.25) is 0 Å². The van der Waals surface area contributed by atoms with E-state index >= 15 is 0 Å². The minimum atomic E-state index is -0.406. The summed E-state index contributed by atoms with van der Waals surface area (Å²) in [5.41, 5.74) is 0.725. The molecule has 4 rings (SSSR count). The molecule has 9 nitrogen and oxygen atoms in total. The maximum atomic E-state index is 12.9. The zero-order valence-electron chi connectivity index (χ0n) is 16.0. The molecule has 154 valence electrons. The van der Waals surface area contributed by atoms with E-state index in [4.69, 9.17) is 14.2 Å². The second-order valence-electron chi connectivity index (χ2n) is 5.99. The molecule has 2 aromatic heterocycles. The molecule has 0 aliphatic heterocycles. The Morgan fingerprint density at radius 3 is 2.60 bits per heavy atom. The highest BCUT2D eigenvalue weighted by molar-refractivity contribution is 7.20. The lowest BCUT2D eigenvalue weighted by atomic mass is 10.2. The zero-order chi connectivity index (χ0) is 21.1. The number of fused-ring (bicyclic) bond motifs is 1. The Hall–Kier alpha value is -3.73. The molecule has 4 aromatic rings. The summed E-state index contributed by atoms with van der Waals surface area (Å²) in [6.07, 6.45) is 0. The molecule has 30 heavy (non-hydrogen) atoms. The highest BCUT2D eigenvalue weighted by atomic mass is 32.1. The number of halogens is 1. The molecular weight excluding hydrogens is 413 g/mol. The molecule has 0 radical (unpaired) electrons. The van der Waals surface area contributed by atoms with Gasteiger partial charge in [-0.25, -0.2) is 4.39 Å². The minimum absolute atomic E-state index is 0.242. The normalized spacial score (nSPS) is 10.8. The molecule has 0 aliphatic carbocycles. The topological polar surface area (TPSA) is 99.9 Å². The molecule has 1 amide bonds. The summed E-state index contributed by atoms with van der Waals surface area (Å²) in [6, 6.07) is 10.7. The number of benzene rings is 2. The van der Waals surface area contributed by atoms with Crippen LogP contribution >= 0.6 is 11.3 Å². The van der Waals surface area contributed by atoms with Gasteiger partial charge in [-0.1, -0.05) is 11.3 Å². The fourth-order valence-corrected chi connectivity index (χ4v) is 3.41. The van der Waals surface area contributed by atoms with Crippen molar-refractivity contribution in [3.63, 3.8) is 0 Å². The average Bonchev–Trinajstić information content (AvgIpc) is 3.33. The number of nitrogens with zero attached hydrogens (tertiary/aromatic N) is 4. The number of hydrogen-bond donors (Lipinski definition) is 1. The van der Waals surface area contributed by atoms with Crippen LogP contribution in [0.5, 0.6) is 17.2 Å². The van der Waals surface area contributed by atoms with E-state index in [1.165, 1.54) is 40.1 Å². The van der Waals surface area contributed by atoms with E-state index in [1.54, 1.807) is 26.4 Å². The third-order valence-electron chi connectivity index (χ3n) is 4.06. The number of carbonyl (C=O) groups is 1. The van der Waals surface area contributed by atoms with E-state index in [9.17, 15) is 9.18 Å². The number of methoxy groups -OCH3 is 2. The molecular formula is C19H16FN5O4S. The third-order valence-corrected chi connectivity index (χ3v) is 4.88. The van der Waals surface area contributed by atoms with Crippen LogP contribution in [0.4, 0.5) is 9.52 Å². The van der Waals surface area contributed by atoms with Crippen molar-refractivity contribution >= 4 is 27.3 Å². The van der Waals surface area contributed by atoms with Crippen LogP contribution < -0.4 is 19.5 Å². The van der Waals surface area contributed by atoms with Crippen molar-refractivity contribution in [1.82, 2.24) is 19.8 Å². The molecule has 0 unspecified atom stereocenters. The predicted octanol–water partition coefficient (Wildman–Crippen LogP) is 3.03. The molecule has 2 heterocycles. The van der Waals surface area contributed by atoms with Gasteiger partial charge in [-0.05, 0) is 42.5 Å². The third kappa shape index (κ3) is 4.01. The van der Waals surface area contributed by atoms with Gasteiger partial charge in [0.25, 0.3) is 5.91 Å². The summed E-state index contributed by atoms with van der Waals surface area (Å²) in [7, 11) is 3.10. The monoisotopic (exact) mass is 429 g/mol. The van der Waals surface area contributed by atoms with Gasteiger partial charge >= 0.3 is 0 Å². The fourth-order valence-electron chi connectivity index (χ4n) is 2.66. The number of anilines is 1. The molecule has 0 bridgehead atoms. The van der Waals surface area contributed by atoms with Gasteiger partial charge in [0.1, 0.15) is 11.6 Å². The predicted molar refractivity (Wildman–Crippen MR) is 108 cm³/mol. The van der Waals surface area contributed by atoms with Crippen LogP contribution in [0.15, 0.2) is 42.5 Å². The highest BCUT2D eigenvalue weighted by Crippen LogP contribution is 2.32. The first-order chi connectivity index (χ1) is 14.6. The van der Waals surface area contributed by atoms with E-state index in [0.29, 0.717) is 33.2 Å². The van der Waals surface area contributed by atoms with Gasteiger partial charge in [0.05, 0.1) is 14.2 Å². The second-order valence-corrected chi connectivity index (χ2v) is 6.94. The fraction of sp³-hybridized carbons (Fsp3) is 0.158. The maximum absolute atomic E-state index is 12.9. The van der Waals surface area contributed by atoms with Gasteiger partial charge in [-0.3, -0.25) is 10.1 Å². The van der Waals surface area contributed by atoms with Gasteiger partial charge in [0, 0.05) is 5.56 Å². The van der Waals surface area contributed by atoms with E-state index in [0.717, 1.165) is 5.56 Å². The maximum Gasteiger partial charge on any atom is 0.264 e. The van der Waals surface area contributed by atoms with Crippen LogP contribution in [0.25, 0.3) is 16.3 Å². The van der Waals surface area contributed by atoms with Crippen molar-refractivity contribution in [2.24, 2.45) is 0 Å². The number of rotatable bonds is 7. The van der Waals surface area contributed by atoms with Gasteiger partial charge < -0.3 is 14.2 Å². The molecule has 11 heteroatoms. The summed E-state index contributed by atoms with van der Waals surface area (Å²) >= 11 is 1.17. The largest absolute Gasteiger partial charge is 0.493 e. The van der Waals surface area contributed by atoms with Crippen molar-refractivity contribution in [3.8, 4) is 28.6 Å². The quantitative estimate of drug-likeness (QED) is 0.482. The van der Waals surface area contributed by atoms with Gasteiger partial charge in [-0.2, -0.15) is 4.52 Å². The lowest BCUT2D eigenvalue weighted by Crippen LogP contribution is -2.20. The lowest BCUT2D eigenvalue weighted by molar-refractivity contribution is -0.118. The van der Waals surface area contributed by atoms with E-state index in [2.05, 4.69) is 20.6 Å². The highest BCUT2D eigenvalue weighted by Gasteiger charge is 2.17. The van der Waals surface area contributed by atoms with Crippen molar-refractivity contribution in [1.29, 1.82) is 0 Å². The van der Waals surface area contributed by atoms with Crippen LogP contribution in [-0.2, 0) is 4.79 Å². The number of carbonyl (C=O) groups excluding carboxylic acids is 1. The van der Waals surface area contributed by atoms with Crippen molar-refractivity contribution < 1.29 is 23.4 Å². The first-order valence-corrected chi connectivity index (χ1v) is 9.52. The second kappa shape index (κ2) is 8.33. The number of nitrogens with one attached hydrogen (secondary N) is 1. The molecule has 0 saturated carbocycles. The standard InChI is InChI=1S/C19H16FN5O4S/c1-27-14-8-3-11(9-15(14)28-2)17-22-23-19-25(17)24-18(30-19)21-16(26)10-29-13-6-4-12(20)5-7-13/h3-9H,10H2,1-2H3,(H,21,24,26). The Balaban J connectivity index is 1.49. The van der Waals surface area contributed by atoms with E-state index < -0.39 is 5.91 Å². The number of aromatic nitrogens is 4. The Morgan fingerprint density at radius 1 is 1.10 bits per heavy atom. The first-order valence-electron chi connectivity index (χ1n) is 8.70. The van der Waals surface area contributed by atoms with Gasteiger partial charge in [0.2, 0.25) is 10.1 Å². The summed E-state index contributed by atoms with van der Waals surface area (Å²) in [5.74, 6) is 1.24. The zero-order valence-corrected chi connectivity index (χ0v) is 16.8. The Bertz CT molecular complexity index is 1190. The summed E-state index contributed by atoms with van der Waals surface area (Å²) in [4.78, 5) is 12.6. The number of amides is 1. The number of hydrogen-bond acceptors (Lipinski definition) is 8. The van der Waals surface area contributed by atoms with Crippen LogP contribution in [0.1, 0.15) is 0 Å². The molecule has 2 aromatic carbocycles. The minimum Gasteiger partial charge on any atom is -0.493 e. The number of ether oxygens (including phenoxy) is 3. The lowest BCUT2D eigenvalue weighted by Gasteiger charge is -2.08. The molecule has 0 aliphatic rings. The molecule has 0 atom stereocenters. The van der Waals surface area contributed by atoms with Crippen LogP contribution in [0, 0.1) is 5.82 Å². The smallest absolute Gasteiger partial charge is 0.264 e. The Labute approximate surface area is 174 Å². The Kier molecular flexibility index (Phi) is 5.44. The van der Waals surface area contributed by atoms with Crippen molar-refractivity contribution in [3.05, 3.63) is 48.3 Å². The van der Waals surface area contributed by atoms with Crippen LogP contribution in [0.3, 0.4) is 0 Å². The van der Waals surface area contributed by atoms with Crippen molar-refractivity contribution in [2.45, 2.75) is 0 Å². The van der Waals surface area contributed by atoms with Crippen molar-refractivity contribution in [2.75, 3.05) is 26.1 Å². The van der Waals surface area contributed by atoms with Gasteiger partial charge in [-0.15, -0.1) is 15.3 Å². The van der Waals surface area contributed by atoms with Crippen LogP contribution in [-0.4, -0.2) is 46.5 Å².